The molecule has 0 aliphatic carbocycles. The molecule has 0 saturated carbocycles. The first kappa shape index (κ1) is 16.6. The fraction of sp³-hybridized carbons (Fsp3) is 0.769. The first-order valence-electron chi connectivity index (χ1n) is 6.92. The first-order valence-corrected chi connectivity index (χ1v) is 6.92. The minimum absolute atomic E-state index is 0.0394. The quantitative estimate of drug-likeness (QED) is 0.639. The largest absolute Gasteiger partial charge is 0.383 e. The fourth-order valence-electron chi connectivity index (χ4n) is 1.55. The van der Waals surface area contributed by atoms with Crippen molar-refractivity contribution in [2.24, 2.45) is 5.92 Å². The molecule has 1 aromatic heterocycles. The maximum atomic E-state index is 11.9. The number of nitrogens with one attached hydrogen (secondary N) is 2. The molecule has 1 rings (SSSR count). The maximum Gasteiger partial charge on any atom is 0.244 e. The fourth-order valence-corrected chi connectivity index (χ4v) is 1.55. The number of hydrogen-bond acceptors (Lipinski definition) is 5. The molecule has 0 aliphatic rings. The second-order valence-corrected chi connectivity index (χ2v) is 5.17. The number of nitrogens with zero attached hydrogens (tertiary/aromatic N) is 3. The zero-order chi connectivity index (χ0) is 15.0. The Morgan fingerprint density at radius 2 is 2.20 bits per heavy atom. The molecule has 1 aromatic rings. The van der Waals surface area contributed by atoms with Crippen LogP contribution in [0.4, 0.5) is 0 Å². The molecule has 114 valence electrons. The van der Waals surface area contributed by atoms with E-state index in [9.17, 15) is 4.79 Å². The van der Waals surface area contributed by atoms with Gasteiger partial charge in [-0.25, -0.2) is 4.68 Å². The maximum absolute atomic E-state index is 11.9. The molecule has 1 amide bonds. The lowest BCUT2D eigenvalue weighted by atomic mass is 10.2. The number of methoxy groups -OCH3 is 1. The van der Waals surface area contributed by atoms with Crippen LogP contribution < -0.4 is 10.6 Å². The molecule has 0 aliphatic heterocycles. The molecule has 0 fully saturated rings. The number of hydrogen-bond donors (Lipinski definition) is 2. The number of amides is 1. The van der Waals surface area contributed by atoms with Crippen LogP contribution in [-0.4, -0.2) is 47.7 Å². The van der Waals surface area contributed by atoms with Gasteiger partial charge in [0.25, 0.3) is 0 Å². The Balaban J connectivity index is 2.42. The van der Waals surface area contributed by atoms with Gasteiger partial charge in [0.1, 0.15) is 6.04 Å². The minimum atomic E-state index is -0.353. The summed E-state index contributed by atoms with van der Waals surface area (Å²) in [5.74, 6) is 0.393. The van der Waals surface area contributed by atoms with Crippen LogP contribution in [0.3, 0.4) is 0 Å². The summed E-state index contributed by atoms with van der Waals surface area (Å²) in [6.45, 7) is 8.63. The van der Waals surface area contributed by atoms with Gasteiger partial charge in [-0.2, -0.15) is 0 Å². The number of carbonyl (C=O) groups excluding carboxylic acids is 1. The van der Waals surface area contributed by atoms with Gasteiger partial charge < -0.3 is 15.4 Å². The lowest BCUT2D eigenvalue weighted by Gasteiger charge is -2.13. The van der Waals surface area contributed by atoms with Crippen molar-refractivity contribution in [3.63, 3.8) is 0 Å². The smallest absolute Gasteiger partial charge is 0.244 e. The second kappa shape index (κ2) is 8.65. The van der Waals surface area contributed by atoms with Crippen molar-refractivity contribution in [3.8, 4) is 0 Å². The van der Waals surface area contributed by atoms with Gasteiger partial charge in [-0.1, -0.05) is 19.1 Å². The normalized spacial score (nSPS) is 12.7. The van der Waals surface area contributed by atoms with Crippen LogP contribution in [0.15, 0.2) is 6.20 Å². The number of carbonyl (C=O) groups is 1. The monoisotopic (exact) mass is 283 g/mol. The molecule has 0 aromatic carbocycles. The van der Waals surface area contributed by atoms with Gasteiger partial charge in [-0.3, -0.25) is 4.79 Å². The summed E-state index contributed by atoms with van der Waals surface area (Å²) in [7, 11) is 1.66. The van der Waals surface area contributed by atoms with E-state index in [-0.39, 0.29) is 11.9 Å². The van der Waals surface area contributed by atoms with Crippen LogP contribution in [0.25, 0.3) is 0 Å². The molecule has 0 spiro atoms. The summed E-state index contributed by atoms with van der Waals surface area (Å²) < 4.78 is 6.53. The molecule has 20 heavy (non-hydrogen) atoms. The van der Waals surface area contributed by atoms with Gasteiger partial charge in [0, 0.05) is 26.7 Å². The third-order valence-electron chi connectivity index (χ3n) is 2.81. The standard InChI is InChI=1S/C13H25N5O2/c1-10(2)7-15-13(19)11(3)18-9-12(16-17-18)8-14-5-6-20-4/h9-11,14H,5-8H2,1-4H3,(H,15,19). The van der Waals surface area contributed by atoms with Crippen molar-refractivity contribution < 1.29 is 9.53 Å². The van der Waals surface area contributed by atoms with E-state index in [0.29, 0.717) is 25.6 Å². The molecule has 2 N–H and O–H groups in total. The number of rotatable bonds is 9. The van der Waals surface area contributed by atoms with Crippen molar-refractivity contribution in [1.82, 2.24) is 25.6 Å². The highest BCUT2D eigenvalue weighted by Gasteiger charge is 2.16. The Morgan fingerprint density at radius 1 is 1.45 bits per heavy atom. The predicted molar refractivity (Wildman–Crippen MR) is 76.2 cm³/mol. The van der Waals surface area contributed by atoms with E-state index in [0.717, 1.165) is 12.2 Å². The summed E-state index contributed by atoms with van der Waals surface area (Å²) >= 11 is 0. The predicted octanol–water partition coefficient (Wildman–Crippen LogP) is 0.347. The summed E-state index contributed by atoms with van der Waals surface area (Å²) in [6, 6.07) is -0.353. The average Bonchev–Trinajstić information content (AvgIpc) is 2.88. The number of ether oxygens (including phenoxy) is 1. The van der Waals surface area contributed by atoms with E-state index in [1.54, 1.807) is 18.0 Å². The summed E-state index contributed by atoms with van der Waals surface area (Å²) in [4.78, 5) is 11.9. The Labute approximate surface area is 120 Å². The second-order valence-electron chi connectivity index (χ2n) is 5.17. The highest BCUT2D eigenvalue weighted by molar-refractivity contribution is 5.79. The van der Waals surface area contributed by atoms with Crippen LogP contribution in [0.2, 0.25) is 0 Å². The van der Waals surface area contributed by atoms with Gasteiger partial charge in [-0.15, -0.1) is 5.10 Å². The molecule has 1 unspecified atom stereocenters. The van der Waals surface area contributed by atoms with Crippen molar-refractivity contribution in [1.29, 1.82) is 0 Å². The molecule has 0 radical (unpaired) electrons. The lowest BCUT2D eigenvalue weighted by Crippen LogP contribution is -2.33. The summed E-state index contributed by atoms with van der Waals surface area (Å²) in [5, 5.41) is 14.1. The Morgan fingerprint density at radius 3 is 2.85 bits per heavy atom. The van der Waals surface area contributed by atoms with Crippen molar-refractivity contribution >= 4 is 5.91 Å². The third-order valence-corrected chi connectivity index (χ3v) is 2.81. The number of aromatic nitrogens is 3. The Kier molecular flexibility index (Phi) is 7.17. The molecule has 1 heterocycles. The van der Waals surface area contributed by atoms with Gasteiger partial charge >= 0.3 is 0 Å². The van der Waals surface area contributed by atoms with Crippen LogP contribution in [-0.2, 0) is 16.1 Å². The van der Waals surface area contributed by atoms with Crippen LogP contribution in [0, 0.1) is 5.92 Å². The van der Waals surface area contributed by atoms with E-state index in [4.69, 9.17) is 4.74 Å². The SMILES string of the molecule is COCCNCc1cn(C(C)C(=O)NCC(C)C)nn1. The molecule has 7 nitrogen and oxygen atoms in total. The van der Waals surface area contributed by atoms with Crippen LogP contribution in [0.1, 0.15) is 32.5 Å². The third kappa shape index (κ3) is 5.66. The molecular formula is C13H25N5O2. The van der Waals surface area contributed by atoms with Crippen LogP contribution in [0.5, 0.6) is 0 Å². The molecule has 0 saturated heterocycles. The summed E-state index contributed by atoms with van der Waals surface area (Å²) in [6.07, 6.45) is 1.79. The Hall–Kier alpha value is -1.47. The molecule has 0 bridgehead atoms. The van der Waals surface area contributed by atoms with E-state index in [1.165, 1.54) is 0 Å². The van der Waals surface area contributed by atoms with Crippen molar-refractivity contribution in [3.05, 3.63) is 11.9 Å². The molecular weight excluding hydrogens is 258 g/mol. The zero-order valence-electron chi connectivity index (χ0n) is 12.7. The highest BCUT2D eigenvalue weighted by Crippen LogP contribution is 2.05. The lowest BCUT2D eigenvalue weighted by molar-refractivity contribution is -0.124. The van der Waals surface area contributed by atoms with Crippen LogP contribution >= 0.6 is 0 Å². The zero-order valence-corrected chi connectivity index (χ0v) is 12.7. The topological polar surface area (TPSA) is 81.1 Å². The minimum Gasteiger partial charge on any atom is -0.383 e. The first-order chi connectivity index (χ1) is 9.54. The van der Waals surface area contributed by atoms with E-state index in [1.807, 2.05) is 6.92 Å². The van der Waals surface area contributed by atoms with Gasteiger partial charge in [0.15, 0.2) is 0 Å². The van der Waals surface area contributed by atoms with E-state index >= 15 is 0 Å². The van der Waals surface area contributed by atoms with Gasteiger partial charge in [0.05, 0.1) is 18.5 Å². The van der Waals surface area contributed by atoms with Gasteiger partial charge in [-0.05, 0) is 12.8 Å². The summed E-state index contributed by atoms with van der Waals surface area (Å²) in [5.41, 5.74) is 0.810. The van der Waals surface area contributed by atoms with E-state index < -0.39 is 0 Å². The van der Waals surface area contributed by atoms with Crippen molar-refractivity contribution in [2.75, 3.05) is 26.8 Å². The Bertz CT molecular complexity index is 405. The molecule has 1 atom stereocenters. The van der Waals surface area contributed by atoms with Gasteiger partial charge in [0.2, 0.25) is 5.91 Å². The van der Waals surface area contributed by atoms with E-state index in [2.05, 4.69) is 34.8 Å². The average molecular weight is 283 g/mol. The van der Waals surface area contributed by atoms with Crippen molar-refractivity contribution in [2.45, 2.75) is 33.4 Å². The highest BCUT2D eigenvalue weighted by atomic mass is 16.5. The molecule has 7 heteroatoms.